The Bertz CT molecular complexity index is 957. The van der Waals surface area contributed by atoms with E-state index in [0.717, 1.165) is 22.8 Å². The molecule has 1 N–H and O–H groups in total. The molecule has 0 bridgehead atoms. The van der Waals surface area contributed by atoms with Crippen molar-refractivity contribution in [2.75, 3.05) is 7.05 Å². The average molecular weight is 305 g/mol. The van der Waals surface area contributed by atoms with E-state index in [1.807, 2.05) is 26.2 Å². The summed E-state index contributed by atoms with van der Waals surface area (Å²) in [5.41, 5.74) is 2.13. The van der Waals surface area contributed by atoms with Gasteiger partial charge in [-0.15, -0.1) is 0 Å². The molecule has 1 nitrogen and oxygen atoms in total. The predicted molar refractivity (Wildman–Crippen MR) is 96.0 cm³/mol. The Labute approximate surface area is 135 Å². The molecular formula is C21H20FN. The maximum atomic E-state index is 13.3. The first-order valence-corrected chi connectivity index (χ1v) is 7.79. The highest BCUT2D eigenvalue weighted by Gasteiger charge is 2.00. The molecule has 0 heterocycles. The lowest BCUT2D eigenvalue weighted by molar-refractivity contribution is 0.626. The molecule has 0 radical (unpaired) electrons. The third-order valence-electron chi connectivity index (χ3n) is 4.13. The fraction of sp³-hybridized carbons (Fsp3) is 0.143. The lowest BCUT2D eigenvalue weighted by Gasteiger charge is -2.04. The molecule has 3 aromatic rings. The molecule has 0 spiro atoms. The summed E-state index contributed by atoms with van der Waals surface area (Å²) < 4.78 is 13.3. The van der Waals surface area contributed by atoms with E-state index in [4.69, 9.17) is 0 Å². The minimum absolute atomic E-state index is 0.180. The lowest BCUT2D eigenvalue weighted by atomic mass is 10.0. The van der Waals surface area contributed by atoms with Gasteiger partial charge in [-0.3, -0.25) is 0 Å². The summed E-state index contributed by atoms with van der Waals surface area (Å²) in [5, 5.41) is 7.94. The molecule has 0 amide bonds. The van der Waals surface area contributed by atoms with Gasteiger partial charge in [0.15, 0.2) is 0 Å². The van der Waals surface area contributed by atoms with Crippen LogP contribution in [-0.4, -0.2) is 7.05 Å². The highest BCUT2D eigenvalue weighted by molar-refractivity contribution is 5.83. The average Bonchev–Trinajstić information content (AvgIpc) is 2.55. The van der Waals surface area contributed by atoms with Crippen molar-refractivity contribution >= 4 is 23.0 Å². The molecule has 0 saturated heterocycles. The van der Waals surface area contributed by atoms with Crippen molar-refractivity contribution < 1.29 is 4.39 Å². The molecule has 116 valence electrons. The van der Waals surface area contributed by atoms with Crippen LogP contribution in [-0.2, 0) is 6.42 Å². The first-order valence-electron chi connectivity index (χ1n) is 7.79. The third-order valence-corrected chi connectivity index (χ3v) is 4.13. The first-order chi connectivity index (χ1) is 11.2. The maximum Gasteiger partial charge on any atom is 0.123 e. The molecule has 0 saturated carbocycles. The number of rotatable bonds is 3. The molecule has 0 aromatic heterocycles. The second-order valence-electron chi connectivity index (χ2n) is 5.70. The topological polar surface area (TPSA) is 12.0 Å². The van der Waals surface area contributed by atoms with E-state index in [2.05, 4.69) is 47.8 Å². The van der Waals surface area contributed by atoms with Crippen LogP contribution >= 0.6 is 0 Å². The fourth-order valence-corrected chi connectivity index (χ4v) is 2.92. The first kappa shape index (κ1) is 15.3. The van der Waals surface area contributed by atoms with Crippen LogP contribution in [0.25, 0.3) is 23.0 Å². The summed E-state index contributed by atoms with van der Waals surface area (Å²) in [4.78, 5) is 0. The van der Waals surface area contributed by atoms with Crippen molar-refractivity contribution in [3.8, 4) is 0 Å². The number of halogens is 1. The van der Waals surface area contributed by atoms with Crippen molar-refractivity contribution in [2.45, 2.75) is 13.3 Å². The van der Waals surface area contributed by atoms with Crippen LogP contribution in [0.3, 0.4) is 0 Å². The Kier molecular flexibility index (Phi) is 4.42. The minimum Gasteiger partial charge on any atom is -0.393 e. The van der Waals surface area contributed by atoms with Gasteiger partial charge in [-0.05, 0) is 57.8 Å². The van der Waals surface area contributed by atoms with E-state index < -0.39 is 0 Å². The van der Waals surface area contributed by atoms with Gasteiger partial charge in [-0.2, -0.15) is 0 Å². The Hall–Kier alpha value is -2.61. The Morgan fingerprint density at radius 2 is 1.87 bits per heavy atom. The fourth-order valence-electron chi connectivity index (χ4n) is 2.92. The molecule has 0 aliphatic heterocycles. The van der Waals surface area contributed by atoms with E-state index in [9.17, 15) is 4.39 Å². The van der Waals surface area contributed by atoms with E-state index in [-0.39, 0.29) is 5.82 Å². The quantitative estimate of drug-likeness (QED) is 0.783. The van der Waals surface area contributed by atoms with Gasteiger partial charge >= 0.3 is 0 Å². The zero-order valence-electron chi connectivity index (χ0n) is 13.4. The summed E-state index contributed by atoms with van der Waals surface area (Å²) >= 11 is 0. The summed E-state index contributed by atoms with van der Waals surface area (Å²) in [6.45, 7) is 1.95. The van der Waals surface area contributed by atoms with Gasteiger partial charge in [-0.1, -0.05) is 48.5 Å². The van der Waals surface area contributed by atoms with E-state index >= 15 is 0 Å². The van der Waals surface area contributed by atoms with Crippen molar-refractivity contribution in [2.24, 2.45) is 0 Å². The lowest BCUT2D eigenvalue weighted by Crippen LogP contribution is -2.27. The predicted octanol–water partition coefficient (Wildman–Crippen LogP) is 3.27. The van der Waals surface area contributed by atoms with Gasteiger partial charge in [0.05, 0.1) is 0 Å². The molecule has 0 atom stereocenters. The maximum absolute atomic E-state index is 13.3. The van der Waals surface area contributed by atoms with Gasteiger partial charge < -0.3 is 5.32 Å². The normalized spacial score (nSPS) is 12.8. The van der Waals surface area contributed by atoms with E-state index in [1.54, 1.807) is 6.07 Å². The highest BCUT2D eigenvalue weighted by Crippen LogP contribution is 2.12. The smallest absolute Gasteiger partial charge is 0.123 e. The number of hydrogen-bond donors (Lipinski definition) is 1. The van der Waals surface area contributed by atoms with Gasteiger partial charge in [0.1, 0.15) is 5.82 Å². The van der Waals surface area contributed by atoms with Gasteiger partial charge in [-0.25, -0.2) is 4.39 Å². The van der Waals surface area contributed by atoms with E-state index in [1.165, 1.54) is 22.1 Å². The Balaban J connectivity index is 2.17. The van der Waals surface area contributed by atoms with Crippen molar-refractivity contribution in [1.82, 2.24) is 5.32 Å². The van der Waals surface area contributed by atoms with E-state index in [0.29, 0.717) is 0 Å². The summed E-state index contributed by atoms with van der Waals surface area (Å²) in [6.07, 6.45) is 5.02. The molecular weight excluding hydrogens is 285 g/mol. The number of benzene rings is 3. The standard InChI is InChI=1S/C21H20FN/c1-15-13-19(22)11-9-16(15)10-12-21-18(14-23-2)8-7-17-5-3-4-6-20(17)21/h3-9,11-14,23H,10H2,1-2H3/b18-14-,21-12+. The van der Waals surface area contributed by atoms with Gasteiger partial charge in [0.2, 0.25) is 0 Å². The molecule has 3 rings (SSSR count). The van der Waals surface area contributed by atoms with Crippen LogP contribution < -0.4 is 15.8 Å². The minimum atomic E-state index is -0.180. The SMILES string of the molecule is CN/C=c1/ccc2ccccc2/c1=C/Cc1ccc(F)cc1C. The molecule has 0 aliphatic carbocycles. The number of hydrogen-bond acceptors (Lipinski definition) is 1. The Morgan fingerprint density at radius 3 is 2.65 bits per heavy atom. The molecule has 3 aromatic carbocycles. The number of fused-ring (bicyclic) bond motifs is 1. The molecule has 0 fully saturated rings. The van der Waals surface area contributed by atoms with Crippen LogP contribution in [0, 0.1) is 12.7 Å². The largest absolute Gasteiger partial charge is 0.393 e. The third kappa shape index (κ3) is 3.26. The zero-order chi connectivity index (χ0) is 16.2. The van der Waals surface area contributed by atoms with Crippen LogP contribution in [0.15, 0.2) is 54.6 Å². The second kappa shape index (κ2) is 6.66. The molecule has 23 heavy (non-hydrogen) atoms. The number of nitrogens with one attached hydrogen (secondary N) is 1. The molecule has 2 heteroatoms. The Morgan fingerprint density at radius 1 is 1.04 bits per heavy atom. The molecule has 0 unspecified atom stereocenters. The van der Waals surface area contributed by atoms with Crippen molar-refractivity contribution in [3.05, 3.63) is 82.0 Å². The van der Waals surface area contributed by atoms with Crippen LogP contribution in [0.5, 0.6) is 0 Å². The van der Waals surface area contributed by atoms with Gasteiger partial charge in [0, 0.05) is 13.2 Å². The van der Waals surface area contributed by atoms with Gasteiger partial charge in [0.25, 0.3) is 0 Å². The summed E-state index contributed by atoms with van der Waals surface area (Å²) in [6, 6.07) is 17.6. The number of aryl methyl sites for hydroxylation is 1. The highest BCUT2D eigenvalue weighted by atomic mass is 19.1. The monoisotopic (exact) mass is 305 g/mol. The van der Waals surface area contributed by atoms with Crippen molar-refractivity contribution in [1.29, 1.82) is 0 Å². The second-order valence-corrected chi connectivity index (χ2v) is 5.70. The van der Waals surface area contributed by atoms with Crippen molar-refractivity contribution in [3.63, 3.8) is 0 Å². The van der Waals surface area contributed by atoms with Crippen LogP contribution in [0.4, 0.5) is 4.39 Å². The summed E-state index contributed by atoms with van der Waals surface area (Å²) in [7, 11) is 1.91. The molecule has 0 aliphatic rings. The summed E-state index contributed by atoms with van der Waals surface area (Å²) in [5.74, 6) is -0.180. The zero-order valence-corrected chi connectivity index (χ0v) is 13.4. The van der Waals surface area contributed by atoms with Crippen LogP contribution in [0.1, 0.15) is 11.1 Å². The van der Waals surface area contributed by atoms with Crippen LogP contribution in [0.2, 0.25) is 0 Å².